The van der Waals surface area contributed by atoms with Gasteiger partial charge in [-0.3, -0.25) is 14.9 Å². The largest absolute Gasteiger partial charge is 0.477 e. The van der Waals surface area contributed by atoms with Crippen molar-refractivity contribution in [2.45, 2.75) is 25.2 Å². The Balaban J connectivity index is 2.28. The highest BCUT2D eigenvalue weighted by Crippen LogP contribution is 2.29. The molecule has 30 heavy (non-hydrogen) atoms. The first-order valence-electron chi connectivity index (χ1n) is 8.72. The van der Waals surface area contributed by atoms with Crippen LogP contribution in [0.5, 0.6) is 5.75 Å². The zero-order chi connectivity index (χ0) is 22.5. The summed E-state index contributed by atoms with van der Waals surface area (Å²) in [6, 6.07) is 10.4. The summed E-state index contributed by atoms with van der Waals surface area (Å²) in [5, 5.41) is 25.2. The number of nitrogens with zero attached hydrogens (tertiary/aromatic N) is 3. The number of nitriles is 1. The van der Waals surface area contributed by atoms with E-state index >= 15 is 0 Å². The van der Waals surface area contributed by atoms with E-state index in [1.165, 1.54) is 4.90 Å². The average Bonchev–Trinajstić information content (AvgIpc) is 2.65. The van der Waals surface area contributed by atoms with Crippen molar-refractivity contribution in [3.05, 3.63) is 57.6 Å². The van der Waals surface area contributed by atoms with Gasteiger partial charge in [0, 0.05) is 18.3 Å². The van der Waals surface area contributed by atoms with Gasteiger partial charge in [0.05, 0.1) is 22.3 Å². The highest BCUT2D eigenvalue weighted by molar-refractivity contribution is 7.89. The number of primary sulfonamides is 1. The highest BCUT2D eigenvalue weighted by Gasteiger charge is 2.23. The molecular formula is C19H20N4O6S. The molecule has 0 radical (unpaired) electrons. The summed E-state index contributed by atoms with van der Waals surface area (Å²) >= 11 is 0. The Kier molecular flexibility index (Phi) is 7.10. The molecule has 0 aliphatic rings. The topological polar surface area (TPSA) is 157 Å². The van der Waals surface area contributed by atoms with Crippen molar-refractivity contribution in [2.24, 2.45) is 5.14 Å². The van der Waals surface area contributed by atoms with Crippen LogP contribution in [-0.4, -0.2) is 32.4 Å². The van der Waals surface area contributed by atoms with Gasteiger partial charge in [0.2, 0.25) is 10.0 Å². The number of carbonyl (C=O) groups excluding carboxylic acids is 1. The van der Waals surface area contributed by atoms with Gasteiger partial charge in [-0.25, -0.2) is 13.6 Å². The van der Waals surface area contributed by atoms with E-state index in [0.29, 0.717) is 5.69 Å². The molecule has 0 saturated heterocycles. The first-order chi connectivity index (χ1) is 14.0. The van der Waals surface area contributed by atoms with Gasteiger partial charge in [0.1, 0.15) is 0 Å². The molecule has 0 heterocycles. The molecule has 0 aromatic heterocycles. The minimum Gasteiger partial charge on any atom is -0.477 e. The number of nitro groups is 1. The van der Waals surface area contributed by atoms with E-state index in [1.807, 2.05) is 26.0 Å². The lowest BCUT2D eigenvalue weighted by Crippen LogP contribution is -2.36. The first kappa shape index (κ1) is 22.8. The summed E-state index contributed by atoms with van der Waals surface area (Å²) < 4.78 is 28.1. The molecule has 1 amide bonds. The number of amides is 1. The van der Waals surface area contributed by atoms with Crippen LogP contribution in [0.25, 0.3) is 0 Å². The number of nitro benzene ring substituents is 1. The molecule has 0 bridgehead atoms. The molecule has 0 saturated carbocycles. The summed E-state index contributed by atoms with van der Waals surface area (Å²) in [7, 11) is -4.14. The van der Waals surface area contributed by atoms with Crippen LogP contribution in [0, 0.1) is 35.3 Å². The fraction of sp³-hybridized carbons (Fsp3) is 0.263. The van der Waals surface area contributed by atoms with Gasteiger partial charge in [-0.15, -0.1) is 0 Å². The van der Waals surface area contributed by atoms with E-state index in [2.05, 4.69) is 0 Å². The van der Waals surface area contributed by atoms with Crippen LogP contribution >= 0.6 is 0 Å². The fourth-order valence-corrected chi connectivity index (χ4v) is 3.36. The molecule has 0 aliphatic carbocycles. The molecule has 0 spiro atoms. The lowest BCUT2D eigenvalue weighted by molar-refractivity contribution is -0.386. The van der Waals surface area contributed by atoms with Crippen LogP contribution in [0.3, 0.4) is 0 Å². The Morgan fingerprint density at radius 3 is 2.40 bits per heavy atom. The van der Waals surface area contributed by atoms with Crippen molar-refractivity contribution in [1.29, 1.82) is 5.26 Å². The molecule has 0 atom stereocenters. The van der Waals surface area contributed by atoms with Gasteiger partial charge in [0.25, 0.3) is 5.91 Å². The molecule has 2 aromatic rings. The van der Waals surface area contributed by atoms with Gasteiger partial charge in [-0.1, -0.05) is 6.07 Å². The van der Waals surface area contributed by atoms with Crippen molar-refractivity contribution in [3.8, 4) is 11.8 Å². The number of hydrogen-bond acceptors (Lipinski definition) is 7. The van der Waals surface area contributed by atoms with Gasteiger partial charge in [0.15, 0.2) is 12.4 Å². The molecule has 0 fully saturated rings. The van der Waals surface area contributed by atoms with Crippen molar-refractivity contribution >= 4 is 27.3 Å². The summed E-state index contributed by atoms with van der Waals surface area (Å²) in [5.41, 5.74) is 1.80. The van der Waals surface area contributed by atoms with E-state index in [9.17, 15) is 23.3 Å². The normalized spacial score (nSPS) is 10.9. The Hall–Kier alpha value is -3.49. The zero-order valence-electron chi connectivity index (χ0n) is 16.4. The van der Waals surface area contributed by atoms with Crippen molar-refractivity contribution in [2.75, 3.05) is 18.1 Å². The summed E-state index contributed by atoms with van der Waals surface area (Å²) in [6.45, 7) is 3.31. The van der Waals surface area contributed by atoms with Crippen molar-refractivity contribution < 1.29 is 22.9 Å². The van der Waals surface area contributed by atoms with Crippen molar-refractivity contribution in [3.63, 3.8) is 0 Å². The monoisotopic (exact) mass is 432 g/mol. The summed E-state index contributed by atoms with van der Waals surface area (Å²) in [5.74, 6) is -0.790. The van der Waals surface area contributed by atoms with Gasteiger partial charge >= 0.3 is 5.69 Å². The molecule has 158 valence electrons. The Morgan fingerprint density at radius 1 is 1.23 bits per heavy atom. The molecule has 2 aromatic carbocycles. The van der Waals surface area contributed by atoms with Gasteiger partial charge in [-0.2, -0.15) is 5.26 Å². The Labute approximate surface area is 173 Å². The van der Waals surface area contributed by atoms with E-state index in [-0.39, 0.29) is 18.7 Å². The van der Waals surface area contributed by atoms with Crippen LogP contribution < -0.4 is 14.8 Å². The summed E-state index contributed by atoms with van der Waals surface area (Å²) in [4.78, 5) is 24.1. The Bertz CT molecular complexity index is 1100. The predicted octanol–water partition coefficient (Wildman–Crippen LogP) is 2.18. The van der Waals surface area contributed by atoms with Crippen LogP contribution in [0.4, 0.5) is 11.4 Å². The number of ether oxygens (including phenoxy) is 1. The number of benzene rings is 2. The number of hydrogen-bond donors (Lipinski definition) is 1. The minimum absolute atomic E-state index is 0.0853. The van der Waals surface area contributed by atoms with E-state index in [1.54, 1.807) is 12.1 Å². The van der Waals surface area contributed by atoms with Crippen LogP contribution in [0.2, 0.25) is 0 Å². The first-order valence-corrected chi connectivity index (χ1v) is 10.3. The smallest absolute Gasteiger partial charge is 0.312 e. The number of sulfonamides is 1. The maximum absolute atomic E-state index is 12.8. The number of anilines is 1. The molecule has 10 nitrogen and oxygen atoms in total. The average molecular weight is 432 g/mol. The minimum atomic E-state index is -4.14. The van der Waals surface area contributed by atoms with Gasteiger partial charge < -0.3 is 9.64 Å². The quantitative estimate of drug-likeness (QED) is 0.495. The SMILES string of the molecule is Cc1cc(C)cc(N(CCC#N)C(=O)COc2ccc(S(N)(=O)=O)cc2[N+](=O)[O-])c1. The maximum Gasteiger partial charge on any atom is 0.312 e. The number of rotatable bonds is 8. The fourth-order valence-electron chi connectivity index (χ4n) is 2.82. The lowest BCUT2D eigenvalue weighted by atomic mass is 10.1. The number of nitrogens with two attached hydrogens (primary N) is 1. The van der Waals surface area contributed by atoms with Crippen molar-refractivity contribution in [1.82, 2.24) is 0 Å². The molecule has 2 N–H and O–H groups in total. The van der Waals surface area contributed by atoms with Crippen LogP contribution in [0.15, 0.2) is 41.3 Å². The Morgan fingerprint density at radius 2 is 1.87 bits per heavy atom. The third kappa shape index (κ3) is 5.76. The summed E-state index contributed by atoms with van der Waals surface area (Å²) in [6.07, 6.45) is 0.0853. The second-order valence-electron chi connectivity index (χ2n) is 6.52. The molecular weight excluding hydrogens is 412 g/mol. The zero-order valence-corrected chi connectivity index (χ0v) is 17.2. The maximum atomic E-state index is 12.8. The second kappa shape index (κ2) is 9.34. The van der Waals surface area contributed by atoms with Crippen LogP contribution in [-0.2, 0) is 14.8 Å². The molecule has 0 unspecified atom stereocenters. The van der Waals surface area contributed by atoms with Crippen LogP contribution in [0.1, 0.15) is 17.5 Å². The third-order valence-corrected chi connectivity index (χ3v) is 4.98. The van der Waals surface area contributed by atoms with E-state index < -0.39 is 38.0 Å². The lowest BCUT2D eigenvalue weighted by Gasteiger charge is -2.23. The van der Waals surface area contributed by atoms with E-state index in [4.69, 9.17) is 15.1 Å². The van der Waals surface area contributed by atoms with Gasteiger partial charge in [-0.05, 0) is 49.2 Å². The third-order valence-electron chi connectivity index (χ3n) is 4.07. The second-order valence-corrected chi connectivity index (χ2v) is 8.08. The number of aryl methyl sites for hydroxylation is 2. The number of carbonyl (C=O) groups is 1. The van der Waals surface area contributed by atoms with E-state index in [0.717, 1.165) is 29.3 Å². The molecule has 2 rings (SSSR count). The highest BCUT2D eigenvalue weighted by atomic mass is 32.2. The standard InChI is InChI=1S/C19H20N4O6S/c1-13-8-14(2)10-15(9-13)22(7-3-6-20)19(24)12-29-18-5-4-16(30(21,27)28)11-17(18)23(25)26/h4-5,8-11H,3,7,12H2,1-2H3,(H2,21,27,28). The molecule has 0 aliphatic heterocycles. The predicted molar refractivity (Wildman–Crippen MR) is 108 cm³/mol. The molecule has 11 heteroatoms.